The molecule has 0 aromatic heterocycles. The summed E-state index contributed by atoms with van der Waals surface area (Å²) in [7, 11) is 1.44. The molecule has 2 aromatic rings. The highest BCUT2D eigenvalue weighted by Gasteiger charge is 2.37. The number of morpholine rings is 1. The predicted octanol–water partition coefficient (Wildman–Crippen LogP) is 4.02. The van der Waals surface area contributed by atoms with Gasteiger partial charge in [-0.1, -0.05) is 23.7 Å². The van der Waals surface area contributed by atoms with Crippen molar-refractivity contribution in [1.82, 2.24) is 9.80 Å². The minimum Gasteiger partial charge on any atom is -0.493 e. The number of methoxy groups -OCH3 is 1. The number of para-hydroxylation sites is 1. The molecule has 13 heteroatoms. The first-order chi connectivity index (χ1) is 18.3. The van der Waals surface area contributed by atoms with Crippen molar-refractivity contribution in [2.24, 2.45) is 0 Å². The number of thioether (sulfide) groups is 1. The Morgan fingerprint density at radius 3 is 2.66 bits per heavy atom. The molecule has 0 atom stereocenters. The summed E-state index contributed by atoms with van der Waals surface area (Å²) in [4.78, 5) is 52.9. The third kappa shape index (κ3) is 6.68. The number of ether oxygens (including phenoxy) is 3. The fourth-order valence-electron chi connectivity index (χ4n) is 3.69. The van der Waals surface area contributed by atoms with Crippen molar-refractivity contribution in [3.05, 3.63) is 56.4 Å². The Kier molecular flexibility index (Phi) is 9.31. The van der Waals surface area contributed by atoms with Gasteiger partial charge in [-0.05, 0) is 63.6 Å². The molecule has 1 N–H and O–H groups in total. The molecule has 2 aromatic carbocycles. The summed E-state index contributed by atoms with van der Waals surface area (Å²) in [5, 5.41) is 2.56. The maximum absolute atomic E-state index is 12.9. The highest BCUT2D eigenvalue weighted by molar-refractivity contribution is 9.10. The molecular weight excluding hydrogens is 602 g/mol. The van der Waals surface area contributed by atoms with Crippen LogP contribution in [0, 0.1) is 0 Å². The van der Waals surface area contributed by atoms with Crippen LogP contribution in [0.15, 0.2) is 45.8 Å². The van der Waals surface area contributed by atoms with Crippen molar-refractivity contribution >= 4 is 74.0 Å². The molecule has 0 aliphatic carbocycles. The SMILES string of the molecule is COc1cc(/C=C2\SC(=O)N(CC(=O)N3CCOCC3)C2=O)cc(Br)c1OCC(=O)Nc1ccccc1Cl. The van der Waals surface area contributed by atoms with E-state index < -0.39 is 17.1 Å². The highest BCUT2D eigenvalue weighted by atomic mass is 79.9. The number of benzene rings is 2. The van der Waals surface area contributed by atoms with Crippen LogP contribution in [-0.4, -0.2) is 79.3 Å². The lowest BCUT2D eigenvalue weighted by Crippen LogP contribution is -2.46. The second-order valence-electron chi connectivity index (χ2n) is 8.11. The lowest BCUT2D eigenvalue weighted by Gasteiger charge is -2.28. The van der Waals surface area contributed by atoms with Crippen LogP contribution >= 0.6 is 39.3 Å². The van der Waals surface area contributed by atoms with Crippen molar-refractivity contribution in [2.45, 2.75) is 0 Å². The van der Waals surface area contributed by atoms with Crippen LogP contribution in [0.4, 0.5) is 10.5 Å². The topological polar surface area (TPSA) is 114 Å². The molecule has 0 radical (unpaired) electrons. The number of hydrogen-bond acceptors (Lipinski definition) is 8. The summed E-state index contributed by atoms with van der Waals surface area (Å²) in [6.45, 7) is 1.07. The maximum atomic E-state index is 12.9. The average molecular weight is 625 g/mol. The third-order valence-electron chi connectivity index (χ3n) is 5.58. The molecule has 4 rings (SSSR count). The fraction of sp³-hybridized carbons (Fsp3) is 0.280. The zero-order valence-corrected chi connectivity index (χ0v) is 23.4. The third-order valence-corrected chi connectivity index (χ3v) is 7.40. The van der Waals surface area contributed by atoms with Gasteiger partial charge >= 0.3 is 0 Å². The van der Waals surface area contributed by atoms with E-state index in [2.05, 4.69) is 21.2 Å². The first-order valence-corrected chi connectivity index (χ1v) is 13.4. The Balaban J connectivity index is 1.43. The lowest BCUT2D eigenvalue weighted by atomic mass is 10.2. The fourth-order valence-corrected chi connectivity index (χ4v) is 5.28. The molecule has 2 saturated heterocycles. The Bertz CT molecular complexity index is 1300. The normalized spacial score (nSPS) is 16.7. The van der Waals surface area contributed by atoms with Gasteiger partial charge in [-0.2, -0.15) is 0 Å². The van der Waals surface area contributed by atoms with Crippen LogP contribution < -0.4 is 14.8 Å². The number of carbonyl (C=O) groups excluding carboxylic acids is 4. The van der Waals surface area contributed by atoms with Crippen molar-refractivity contribution in [3.63, 3.8) is 0 Å². The summed E-state index contributed by atoms with van der Waals surface area (Å²) < 4.78 is 16.8. The summed E-state index contributed by atoms with van der Waals surface area (Å²) >= 11 is 10.2. The van der Waals surface area contributed by atoms with Crippen LogP contribution in [0.25, 0.3) is 6.08 Å². The van der Waals surface area contributed by atoms with Gasteiger partial charge in [0.05, 0.1) is 40.4 Å². The van der Waals surface area contributed by atoms with E-state index in [1.165, 1.54) is 13.2 Å². The molecule has 0 unspecified atom stereocenters. The zero-order valence-electron chi connectivity index (χ0n) is 20.2. The molecule has 0 bridgehead atoms. The predicted molar refractivity (Wildman–Crippen MR) is 146 cm³/mol. The number of rotatable bonds is 8. The molecule has 200 valence electrons. The molecule has 2 aliphatic heterocycles. The van der Waals surface area contributed by atoms with E-state index in [1.807, 2.05) is 0 Å². The van der Waals surface area contributed by atoms with E-state index >= 15 is 0 Å². The number of nitrogens with one attached hydrogen (secondary N) is 1. The number of amides is 4. The van der Waals surface area contributed by atoms with E-state index in [9.17, 15) is 19.2 Å². The Labute approximate surface area is 236 Å². The van der Waals surface area contributed by atoms with Gasteiger partial charge in [0.15, 0.2) is 18.1 Å². The standard InChI is InChI=1S/C25H23BrClN3O7S/c1-35-19-11-15(10-16(26)23(19)37-14-21(31)28-18-5-3-2-4-17(18)27)12-20-24(33)30(25(34)38-20)13-22(32)29-6-8-36-9-7-29/h2-5,10-12H,6-9,13-14H2,1H3,(H,28,31)/b20-12-. The van der Waals surface area contributed by atoms with E-state index in [0.717, 1.165) is 16.7 Å². The second kappa shape index (κ2) is 12.7. The number of halogens is 2. The maximum Gasteiger partial charge on any atom is 0.294 e. The zero-order chi connectivity index (χ0) is 27.2. The minimum atomic E-state index is -0.548. The van der Waals surface area contributed by atoms with Crippen LogP contribution in [0.3, 0.4) is 0 Å². The largest absolute Gasteiger partial charge is 0.493 e. The number of anilines is 1. The van der Waals surface area contributed by atoms with Crippen LogP contribution in [0.5, 0.6) is 11.5 Å². The van der Waals surface area contributed by atoms with Gasteiger partial charge in [0.1, 0.15) is 6.54 Å². The first kappa shape index (κ1) is 28.0. The van der Waals surface area contributed by atoms with E-state index in [-0.39, 0.29) is 29.7 Å². The molecule has 4 amide bonds. The van der Waals surface area contributed by atoms with Crippen molar-refractivity contribution in [3.8, 4) is 11.5 Å². The van der Waals surface area contributed by atoms with E-state index in [0.29, 0.717) is 52.8 Å². The van der Waals surface area contributed by atoms with Gasteiger partial charge in [0.25, 0.3) is 17.1 Å². The minimum absolute atomic E-state index is 0.173. The summed E-state index contributed by atoms with van der Waals surface area (Å²) in [5.74, 6) is -0.688. The number of carbonyl (C=O) groups is 4. The van der Waals surface area contributed by atoms with Gasteiger partial charge < -0.3 is 24.4 Å². The summed E-state index contributed by atoms with van der Waals surface area (Å²) in [6, 6.07) is 10.1. The van der Waals surface area contributed by atoms with Gasteiger partial charge in [0.2, 0.25) is 5.91 Å². The van der Waals surface area contributed by atoms with Crippen LogP contribution in [0.2, 0.25) is 5.02 Å². The number of imide groups is 1. The molecular formula is C25H23BrClN3O7S. The summed E-state index contributed by atoms with van der Waals surface area (Å²) in [5.41, 5.74) is 1.01. The van der Waals surface area contributed by atoms with Crippen molar-refractivity contribution in [2.75, 3.05) is 51.9 Å². The van der Waals surface area contributed by atoms with E-state index in [1.54, 1.807) is 41.3 Å². The van der Waals surface area contributed by atoms with Crippen LogP contribution in [-0.2, 0) is 19.1 Å². The molecule has 2 fully saturated rings. The Morgan fingerprint density at radius 2 is 1.95 bits per heavy atom. The first-order valence-electron chi connectivity index (χ1n) is 11.4. The van der Waals surface area contributed by atoms with Gasteiger partial charge in [-0.15, -0.1) is 0 Å². The van der Waals surface area contributed by atoms with Crippen molar-refractivity contribution in [1.29, 1.82) is 0 Å². The molecule has 38 heavy (non-hydrogen) atoms. The van der Waals surface area contributed by atoms with Gasteiger partial charge in [-0.25, -0.2) is 0 Å². The number of hydrogen-bond donors (Lipinski definition) is 1. The Hall–Kier alpha value is -3.06. The van der Waals surface area contributed by atoms with Gasteiger partial charge in [0, 0.05) is 13.1 Å². The second-order valence-corrected chi connectivity index (χ2v) is 10.4. The highest BCUT2D eigenvalue weighted by Crippen LogP contribution is 2.39. The molecule has 0 saturated carbocycles. The smallest absolute Gasteiger partial charge is 0.294 e. The van der Waals surface area contributed by atoms with Crippen molar-refractivity contribution < 1.29 is 33.4 Å². The molecule has 0 spiro atoms. The quantitative estimate of drug-likeness (QED) is 0.438. The molecule has 10 nitrogen and oxygen atoms in total. The molecule has 2 aliphatic rings. The molecule has 2 heterocycles. The monoisotopic (exact) mass is 623 g/mol. The van der Waals surface area contributed by atoms with Crippen LogP contribution in [0.1, 0.15) is 5.56 Å². The number of nitrogens with zero attached hydrogens (tertiary/aromatic N) is 2. The lowest BCUT2D eigenvalue weighted by molar-refractivity contribution is -0.139. The van der Waals surface area contributed by atoms with E-state index in [4.69, 9.17) is 25.8 Å². The Morgan fingerprint density at radius 1 is 1.21 bits per heavy atom. The average Bonchev–Trinajstić information content (AvgIpc) is 3.16. The summed E-state index contributed by atoms with van der Waals surface area (Å²) in [6.07, 6.45) is 1.53. The van der Waals surface area contributed by atoms with Gasteiger partial charge in [-0.3, -0.25) is 24.1 Å².